The first kappa shape index (κ1) is 14.0. The summed E-state index contributed by atoms with van der Waals surface area (Å²) < 4.78 is 0. The third kappa shape index (κ3) is 2.83. The predicted octanol–water partition coefficient (Wildman–Crippen LogP) is 0.968. The Hall–Kier alpha value is -2.67. The topological polar surface area (TPSA) is 80.9 Å². The molecular weight excluding hydrogens is 292 g/mol. The van der Waals surface area contributed by atoms with Gasteiger partial charge in [0, 0.05) is 56.6 Å². The molecule has 0 atom stereocenters. The molecule has 4 rings (SSSR count). The highest BCUT2D eigenvalue weighted by molar-refractivity contribution is 5.79. The number of rotatable bonds is 3. The summed E-state index contributed by atoms with van der Waals surface area (Å²) in [6.45, 7) is 4.65. The Balaban J connectivity index is 1.41. The second-order valence-electron chi connectivity index (χ2n) is 5.76. The van der Waals surface area contributed by atoms with Crippen molar-refractivity contribution in [2.45, 2.75) is 6.54 Å². The number of nitrogens with one attached hydrogen (secondary N) is 2. The van der Waals surface area contributed by atoms with Crippen molar-refractivity contribution in [1.29, 1.82) is 0 Å². The Kier molecular flexibility index (Phi) is 3.55. The highest BCUT2D eigenvalue weighted by Gasteiger charge is 2.19. The summed E-state index contributed by atoms with van der Waals surface area (Å²) in [5.74, 6) is 0.834. The van der Waals surface area contributed by atoms with E-state index in [1.807, 2.05) is 12.3 Å². The molecule has 0 amide bonds. The van der Waals surface area contributed by atoms with Crippen LogP contribution in [0.25, 0.3) is 11.0 Å². The first-order chi connectivity index (χ1) is 11.3. The predicted molar refractivity (Wildman–Crippen MR) is 88.4 cm³/mol. The zero-order valence-electron chi connectivity index (χ0n) is 12.7. The molecule has 0 spiro atoms. The number of hydrogen-bond acceptors (Lipinski definition) is 5. The molecule has 1 aliphatic heterocycles. The quantitative estimate of drug-likeness (QED) is 0.753. The molecule has 0 aliphatic carbocycles. The normalized spacial score (nSPS) is 16.1. The maximum absolute atomic E-state index is 11.1. The number of hydrogen-bond donors (Lipinski definition) is 2. The molecule has 1 fully saturated rings. The largest absolute Gasteiger partial charge is 0.353 e. The van der Waals surface area contributed by atoms with Crippen molar-refractivity contribution in [1.82, 2.24) is 25.1 Å². The van der Waals surface area contributed by atoms with Crippen LogP contribution in [0.4, 0.5) is 5.82 Å². The number of H-pyrrole nitrogens is 2. The summed E-state index contributed by atoms with van der Waals surface area (Å²) in [5, 5.41) is 7.79. The molecular formula is C16H18N6O. The van der Waals surface area contributed by atoms with Crippen LogP contribution in [0.3, 0.4) is 0 Å². The highest BCUT2D eigenvalue weighted by atomic mass is 16.1. The van der Waals surface area contributed by atoms with Crippen LogP contribution in [0, 0.1) is 0 Å². The summed E-state index contributed by atoms with van der Waals surface area (Å²) in [6.07, 6.45) is 3.85. The van der Waals surface area contributed by atoms with Gasteiger partial charge in [-0.3, -0.25) is 9.69 Å². The van der Waals surface area contributed by atoms with E-state index in [0.29, 0.717) is 0 Å². The van der Waals surface area contributed by atoms with Crippen LogP contribution in [-0.2, 0) is 6.54 Å². The van der Waals surface area contributed by atoms with Crippen LogP contribution in [0.5, 0.6) is 0 Å². The van der Waals surface area contributed by atoms with Gasteiger partial charge in [0.1, 0.15) is 11.5 Å². The van der Waals surface area contributed by atoms with E-state index in [1.54, 1.807) is 12.3 Å². The highest BCUT2D eigenvalue weighted by Crippen LogP contribution is 2.19. The lowest BCUT2D eigenvalue weighted by Gasteiger charge is -2.35. The molecule has 3 aromatic rings. The van der Waals surface area contributed by atoms with Crippen molar-refractivity contribution < 1.29 is 0 Å². The molecule has 0 aromatic carbocycles. The smallest absolute Gasteiger partial charge is 0.264 e. The van der Waals surface area contributed by atoms with E-state index < -0.39 is 0 Å². The van der Waals surface area contributed by atoms with Crippen LogP contribution in [0.15, 0.2) is 41.5 Å². The number of anilines is 1. The molecule has 0 unspecified atom stereocenters. The van der Waals surface area contributed by atoms with Gasteiger partial charge in [0.15, 0.2) is 0 Å². The number of aromatic nitrogens is 4. The maximum Gasteiger partial charge on any atom is 0.264 e. The second kappa shape index (κ2) is 5.85. The standard InChI is InChI=1S/C16H18N6O/c23-15-4-3-14(19-20-15)22-8-6-21(7-9-22)11-12-10-18-16-13(12)2-1-5-17-16/h1-5,10H,6-9,11H2,(H,17,18)(H,20,23). The average molecular weight is 310 g/mol. The fourth-order valence-corrected chi connectivity index (χ4v) is 3.03. The summed E-state index contributed by atoms with van der Waals surface area (Å²) in [5.41, 5.74) is 2.06. The first-order valence-electron chi connectivity index (χ1n) is 7.73. The van der Waals surface area contributed by atoms with Gasteiger partial charge < -0.3 is 9.88 Å². The van der Waals surface area contributed by atoms with Crippen LogP contribution in [-0.4, -0.2) is 51.2 Å². The van der Waals surface area contributed by atoms with E-state index in [4.69, 9.17) is 0 Å². The Morgan fingerprint density at radius 2 is 2.00 bits per heavy atom. The van der Waals surface area contributed by atoms with Crippen molar-refractivity contribution in [2.24, 2.45) is 0 Å². The molecule has 4 heterocycles. The van der Waals surface area contributed by atoms with Crippen LogP contribution < -0.4 is 10.5 Å². The van der Waals surface area contributed by atoms with Gasteiger partial charge in [0.25, 0.3) is 5.56 Å². The molecule has 3 aromatic heterocycles. The molecule has 23 heavy (non-hydrogen) atoms. The number of piperazine rings is 1. The monoisotopic (exact) mass is 310 g/mol. The molecule has 7 heteroatoms. The van der Waals surface area contributed by atoms with E-state index in [2.05, 4.69) is 36.0 Å². The zero-order chi connectivity index (χ0) is 15.6. The van der Waals surface area contributed by atoms with Crippen molar-refractivity contribution in [3.63, 3.8) is 0 Å². The van der Waals surface area contributed by atoms with E-state index in [0.717, 1.165) is 44.2 Å². The number of pyridine rings is 1. The Morgan fingerprint density at radius 3 is 2.78 bits per heavy atom. The van der Waals surface area contributed by atoms with Gasteiger partial charge >= 0.3 is 0 Å². The van der Waals surface area contributed by atoms with Gasteiger partial charge in [0.2, 0.25) is 0 Å². The lowest BCUT2D eigenvalue weighted by atomic mass is 10.2. The lowest BCUT2D eigenvalue weighted by molar-refractivity contribution is 0.250. The van der Waals surface area contributed by atoms with E-state index in [-0.39, 0.29) is 5.56 Å². The minimum atomic E-state index is -0.166. The zero-order valence-corrected chi connectivity index (χ0v) is 12.7. The van der Waals surface area contributed by atoms with E-state index in [1.165, 1.54) is 17.0 Å². The van der Waals surface area contributed by atoms with Crippen LogP contribution >= 0.6 is 0 Å². The number of fused-ring (bicyclic) bond motifs is 1. The van der Waals surface area contributed by atoms with Gasteiger partial charge in [-0.1, -0.05) is 0 Å². The second-order valence-corrected chi connectivity index (χ2v) is 5.76. The fraction of sp³-hybridized carbons (Fsp3) is 0.312. The lowest BCUT2D eigenvalue weighted by Crippen LogP contribution is -2.46. The third-order valence-corrected chi connectivity index (χ3v) is 4.29. The van der Waals surface area contributed by atoms with Gasteiger partial charge in [0.05, 0.1) is 0 Å². The summed E-state index contributed by atoms with van der Waals surface area (Å²) >= 11 is 0. The van der Waals surface area contributed by atoms with Crippen LogP contribution in [0.1, 0.15) is 5.56 Å². The number of nitrogens with zero attached hydrogens (tertiary/aromatic N) is 4. The molecule has 7 nitrogen and oxygen atoms in total. The molecule has 118 valence electrons. The molecule has 2 N–H and O–H groups in total. The van der Waals surface area contributed by atoms with Gasteiger partial charge in [-0.2, -0.15) is 5.10 Å². The van der Waals surface area contributed by atoms with Crippen molar-refractivity contribution in [3.8, 4) is 0 Å². The van der Waals surface area contributed by atoms with Crippen LogP contribution in [0.2, 0.25) is 0 Å². The average Bonchev–Trinajstić information content (AvgIpc) is 3.00. The Morgan fingerprint density at radius 1 is 1.13 bits per heavy atom. The Bertz CT molecular complexity index is 842. The fourth-order valence-electron chi connectivity index (χ4n) is 3.03. The van der Waals surface area contributed by atoms with Gasteiger partial charge in [-0.15, -0.1) is 0 Å². The molecule has 1 aliphatic rings. The maximum atomic E-state index is 11.1. The Labute approximate surface area is 133 Å². The first-order valence-corrected chi connectivity index (χ1v) is 7.73. The molecule has 0 saturated carbocycles. The molecule has 0 radical (unpaired) electrons. The minimum Gasteiger partial charge on any atom is -0.353 e. The third-order valence-electron chi connectivity index (χ3n) is 4.29. The number of aromatic amines is 2. The van der Waals surface area contributed by atoms with Crippen molar-refractivity contribution >= 4 is 16.9 Å². The summed E-state index contributed by atoms with van der Waals surface area (Å²) in [4.78, 5) is 23.3. The van der Waals surface area contributed by atoms with Crippen molar-refractivity contribution in [3.05, 3.63) is 52.6 Å². The van der Waals surface area contributed by atoms with E-state index >= 15 is 0 Å². The van der Waals surface area contributed by atoms with Gasteiger partial charge in [-0.05, 0) is 23.8 Å². The summed E-state index contributed by atoms with van der Waals surface area (Å²) in [6, 6.07) is 7.38. The SMILES string of the molecule is O=c1ccc(N2CCN(Cc3c[nH]c4ncccc34)CC2)n[nH]1. The van der Waals surface area contributed by atoms with Gasteiger partial charge in [-0.25, -0.2) is 10.1 Å². The molecule has 1 saturated heterocycles. The minimum absolute atomic E-state index is 0.166. The molecule has 0 bridgehead atoms. The summed E-state index contributed by atoms with van der Waals surface area (Å²) in [7, 11) is 0. The van der Waals surface area contributed by atoms with E-state index in [9.17, 15) is 4.79 Å². The van der Waals surface area contributed by atoms with Crippen molar-refractivity contribution in [2.75, 3.05) is 31.1 Å².